The lowest BCUT2D eigenvalue weighted by molar-refractivity contribution is -0.115. The number of ether oxygens (including phenoxy) is 2. The van der Waals surface area contributed by atoms with Gasteiger partial charge in [0.1, 0.15) is 0 Å². The fraction of sp³-hybridized carbons (Fsp3) is 0.263. The molecule has 0 spiro atoms. The summed E-state index contributed by atoms with van der Waals surface area (Å²) in [6, 6.07) is 8.61. The van der Waals surface area contributed by atoms with Gasteiger partial charge >= 0.3 is 5.97 Å². The number of nitrogens with one attached hydrogen (secondary N) is 1. The van der Waals surface area contributed by atoms with E-state index in [0.29, 0.717) is 0 Å². The molecule has 0 fully saturated rings. The predicted molar refractivity (Wildman–Crippen MR) is 94.8 cm³/mol. The van der Waals surface area contributed by atoms with Crippen molar-refractivity contribution in [2.75, 3.05) is 19.5 Å². The maximum Gasteiger partial charge on any atom is 0.335 e. The molecule has 2 aromatic carbocycles. The van der Waals surface area contributed by atoms with Crippen molar-refractivity contribution in [2.45, 2.75) is 20.3 Å². The van der Waals surface area contributed by atoms with Crippen molar-refractivity contribution in [3.8, 4) is 11.5 Å². The standard InChI is InChI=1S/C19H21NO5/c1-11-5-6-12(2)13(7-11)10-17(21)20-15-8-14(19(22)23)9-16(24-3)18(15)25-4/h5-9H,10H2,1-4H3,(H,20,21)(H,22,23). The third-order valence-corrected chi connectivity index (χ3v) is 3.86. The van der Waals surface area contributed by atoms with Gasteiger partial charge in [-0.25, -0.2) is 4.79 Å². The minimum Gasteiger partial charge on any atom is -0.493 e. The van der Waals surface area contributed by atoms with Gasteiger partial charge in [-0.3, -0.25) is 4.79 Å². The van der Waals surface area contributed by atoms with Gasteiger partial charge in [-0.2, -0.15) is 0 Å². The Hall–Kier alpha value is -3.02. The largest absolute Gasteiger partial charge is 0.493 e. The lowest BCUT2D eigenvalue weighted by atomic mass is 10.0. The lowest BCUT2D eigenvalue weighted by Crippen LogP contribution is -2.16. The number of aryl methyl sites for hydroxylation is 2. The second-order valence-corrected chi connectivity index (χ2v) is 5.72. The number of carbonyl (C=O) groups is 2. The van der Waals surface area contributed by atoms with Gasteiger partial charge in [0.2, 0.25) is 5.91 Å². The van der Waals surface area contributed by atoms with E-state index in [4.69, 9.17) is 9.47 Å². The van der Waals surface area contributed by atoms with Gasteiger partial charge in [-0.1, -0.05) is 23.8 Å². The van der Waals surface area contributed by atoms with Crippen molar-refractivity contribution >= 4 is 17.6 Å². The maximum absolute atomic E-state index is 12.4. The summed E-state index contributed by atoms with van der Waals surface area (Å²) in [7, 11) is 2.84. The molecular weight excluding hydrogens is 322 g/mol. The zero-order valence-corrected chi connectivity index (χ0v) is 14.7. The molecule has 0 saturated carbocycles. The number of carboxylic acid groups (broad SMARTS) is 1. The number of hydrogen-bond donors (Lipinski definition) is 2. The van der Waals surface area contributed by atoms with Crippen LogP contribution in [0.2, 0.25) is 0 Å². The van der Waals surface area contributed by atoms with Crippen LogP contribution in [-0.4, -0.2) is 31.2 Å². The van der Waals surface area contributed by atoms with Crippen LogP contribution >= 0.6 is 0 Å². The molecule has 2 rings (SSSR count). The van der Waals surface area contributed by atoms with E-state index in [-0.39, 0.29) is 35.1 Å². The highest BCUT2D eigenvalue weighted by molar-refractivity contribution is 5.97. The minimum atomic E-state index is -1.12. The van der Waals surface area contributed by atoms with Crippen molar-refractivity contribution in [3.63, 3.8) is 0 Å². The van der Waals surface area contributed by atoms with Crippen molar-refractivity contribution in [3.05, 3.63) is 52.6 Å². The van der Waals surface area contributed by atoms with Crippen LogP contribution in [0, 0.1) is 13.8 Å². The molecule has 0 saturated heterocycles. The van der Waals surface area contributed by atoms with Crippen LogP contribution in [0.15, 0.2) is 30.3 Å². The summed E-state index contributed by atoms with van der Waals surface area (Å²) >= 11 is 0. The molecule has 25 heavy (non-hydrogen) atoms. The van der Waals surface area contributed by atoms with E-state index < -0.39 is 5.97 Å². The van der Waals surface area contributed by atoms with Gasteiger partial charge in [0.15, 0.2) is 11.5 Å². The molecule has 0 atom stereocenters. The Kier molecular flexibility index (Phi) is 5.64. The van der Waals surface area contributed by atoms with Crippen molar-refractivity contribution < 1.29 is 24.2 Å². The Labute approximate surface area is 146 Å². The number of methoxy groups -OCH3 is 2. The number of benzene rings is 2. The Morgan fingerprint density at radius 1 is 1.08 bits per heavy atom. The van der Waals surface area contributed by atoms with Gasteiger partial charge in [0, 0.05) is 0 Å². The number of aromatic carboxylic acids is 1. The van der Waals surface area contributed by atoms with E-state index in [1.54, 1.807) is 0 Å². The van der Waals surface area contributed by atoms with E-state index in [0.717, 1.165) is 16.7 Å². The summed E-state index contributed by atoms with van der Waals surface area (Å²) in [4.78, 5) is 23.7. The van der Waals surface area contributed by atoms with Crippen LogP contribution in [-0.2, 0) is 11.2 Å². The second kappa shape index (κ2) is 7.70. The topological polar surface area (TPSA) is 84.9 Å². The third kappa shape index (κ3) is 4.29. The predicted octanol–water partition coefficient (Wildman–Crippen LogP) is 3.20. The highest BCUT2D eigenvalue weighted by atomic mass is 16.5. The number of carboxylic acids is 1. The molecule has 6 nitrogen and oxygen atoms in total. The van der Waals surface area contributed by atoms with E-state index in [1.165, 1.54) is 26.4 Å². The van der Waals surface area contributed by atoms with E-state index in [1.807, 2.05) is 32.0 Å². The maximum atomic E-state index is 12.4. The van der Waals surface area contributed by atoms with Crippen LogP contribution in [0.4, 0.5) is 5.69 Å². The van der Waals surface area contributed by atoms with E-state index in [2.05, 4.69) is 5.32 Å². The summed E-state index contributed by atoms with van der Waals surface area (Å²) in [6.45, 7) is 3.90. The zero-order chi connectivity index (χ0) is 18.6. The van der Waals surface area contributed by atoms with Crippen LogP contribution < -0.4 is 14.8 Å². The van der Waals surface area contributed by atoms with Crippen molar-refractivity contribution in [1.82, 2.24) is 0 Å². The number of amides is 1. The first kappa shape index (κ1) is 18.3. The highest BCUT2D eigenvalue weighted by Crippen LogP contribution is 2.36. The normalized spacial score (nSPS) is 10.2. The smallest absolute Gasteiger partial charge is 0.335 e. The molecule has 0 aliphatic heterocycles. The molecule has 0 radical (unpaired) electrons. The summed E-state index contributed by atoms with van der Waals surface area (Å²) in [5.74, 6) is -0.867. The minimum absolute atomic E-state index is 0.000291. The number of carbonyl (C=O) groups excluding carboxylic acids is 1. The highest BCUT2D eigenvalue weighted by Gasteiger charge is 2.18. The van der Waals surface area contributed by atoms with E-state index >= 15 is 0 Å². The molecule has 0 aliphatic rings. The van der Waals surface area contributed by atoms with E-state index in [9.17, 15) is 14.7 Å². The lowest BCUT2D eigenvalue weighted by Gasteiger charge is -2.15. The van der Waals surface area contributed by atoms with Crippen LogP contribution in [0.1, 0.15) is 27.0 Å². The number of rotatable bonds is 6. The molecular formula is C19H21NO5. The molecule has 0 aromatic heterocycles. The Morgan fingerprint density at radius 3 is 2.40 bits per heavy atom. The molecule has 0 unspecified atom stereocenters. The molecule has 2 N–H and O–H groups in total. The molecule has 0 aliphatic carbocycles. The van der Waals surface area contributed by atoms with Crippen LogP contribution in [0.5, 0.6) is 11.5 Å². The average molecular weight is 343 g/mol. The fourth-order valence-electron chi connectivity index (χ4n) is 2.54. The van der Waals surface area contributed by atoms with Crippen LogP contribution in [0.25, 0.3) is 0 Å². The Bertz CT molecular complexity index is 814. The van der Waals surface area contributed by atoms with Crippen molar-refractivity contribution in [1.29, 1.82) is 0 Å². The van der Waals surface area contributed by atoms with Gasteiger partial charge in [0.25, 0.3) is 0 Å². The molecule has 0 heterocycles. The molecule has 0 bridgehead atoms. The quantitative estimate of drug-likeness (QED) is 0.841. The second-order valence-electron chi connectivity index (χ2n) is 5.72. The van der Waals surface area contributed by atoms with Crippen LogP contribution in [0.3, 0.4) is 0 Å². The average Bonchev–Trinajstić information content (AvgIpc) is 2.57. The van der Waals surface area contributed by atoms with Gasteiger partial charge in [-0.05, 0) is 37.1 Å². The Morgan fingerprint density at radius 2 is 1.80 bits per heavy atom. The monoisotopic (exact) mass is 343 g/mol. The van der Waals surface area contributed by atoms with Crippen molar-refractivity contribution in [2.24, 2.45) is 0 Å². The molecule has 1 amide bonds. The summed E-state index contributed by atoms with van der Waals surface area (Å²) in [6.07, 6.45) is 0.177. The summed E-state index contributed by atoms with van der Waals surface area (Å²) in [5, 5.41) is 11.9. The van der Waals surface area contributed by atoms with Gasteiger partial charge in [0.05, 0.1) is 31.9 Å². The first-order chi connectivity index (χ1) is 11.8. The third-order valence-electron chi connectivity index (χ3n) is 3.86. The van der Waals surface area contributed by atoms with Gasteiger partial charge < -0.3 is 19.9 Å². The molecule has 2 aromatic rings. The molecule has 132 valence electrons. The zero-order valence-electron chi connectivity index (χ0n) is 14.7. The van der Waals surface area contributed by atoms with Gasteiger partial charge in [-0.15, -0.1) is 0 Å². The number of anilines is 1. The summed E-state index contributed by atoms with van der Waals surface area (Å²) < 4.78 is 10.4. The summed E-state index contributed by atoms with van der Waals surface area (Å²) in [5.41, 5.74) is 3.26. The Balaban J connectivity index is 2.31. The fourth-order valence-corrected chi connectivity index (χ4v) is 2.54. The first-order valence-electron chi connectivity index (χ1n) is 7.71. The molecule has 6 heteroatoms. The SMILES string of the molecule is COc1cc(C(=O)O)cc(NC(=O)Cc2cc(C)ccc2C)c1OC. The number of hydrogen-bond acceptors (Lipinski definition) is 4. The first-order valence-corrected chi connectivity index (χ1v) is 7.71.